The van der Waals surface area contributed by atoms with Crippen LogP contribution in [0.5, 0.6) is 0 Å². The van der Waals surface area contributed by atoms with Gasteiger partial charge in [-0.05, 0) is 51.0 Å². The van der Waals surface area contributed by atoms with Crippen molar-refractivity contribution in [3.63, 3.8) is 0 Å². The lowest BCUT2D eigenvalue weighted by atomic mass is 9.66. The number of aliphatic carboxylic acids is 1. The zero-order valence-corrected chi connectivity index (χ0v) is 15.2. The Morgan fingerprint density at radius 1 is 1.25 bits per heavy atom. The van der Waals surface area contributed by atoms with Crippen LogP contribution < -0.4 is 5.32 Å². The van der Waals surface area contributed by atoms with Crippen LogP contribution in [0.3, 0.4) is 0 Å². The van der Waals surface area contributed by atoms with Gasteiger partial charge in [-0.25, -0.2) is 4.79 Å². The van der Waals surface area contributed by atoms with Crippen LogP contribution in [0.15, 0.2) is 0 Å². The van der Waals surface area contributed by atoms with Crippen molar-refractivity contribution in [1.29, 1.82) is 0 Å². The summed E-state index contributed by atoms with van der Waals surface area (Å²) in [4.78, 5) is 27.2. The SMILES string of the molecule is CCCC1(CNC(=O)N2CCCC(N(C)CC(=O)O)CC2)CCC1. The van der Waals surface area contributed by atoms with Crippen LogP contribution in [-0.4, -0.2) is 66.2 Å². The molecule has 1 heterocycles. The molecule has 0 bridgehead atoms. The molecule has 6 nitrogen and oxygen atoms in total. The standard InChI is InChI=1S/C18H33N3O3/c1-3-8-18(9-5-10-18)14-19-17(24)21-11-4-6-15(7-12-21)20(2)13-16(22)23/h15H,3-14H2,1-2H3,(H,19,24)(H,22,23). The van der Waals surface area contributed by atoms with Crippen LogP contribution >= 0.6 is 0 Å². The summed E-state index contributed by atoms with van der Waals surface area (Å²) < 4.78 is 0. The highest BCUT2D eigenvalue weighted by atomic mass is 16.4. The number of nitrogens with one attached hydrogen (secondary N) is 1. The van der Waals surface area contributed by atoms with E-state index in [2.05, 4.69) is 12.2 Å². The second-order valence-electron chi connectivity index (χ2n) is 7.64. The quantitative estimate of drug-likeness (QED) is 0.747. The number of carbonyl (C=O) groups excluding carboxylic acids is 1. The van der Waals surface area contributed by atoms with Crippen molar-refractivity contribution in [2.45, 2.75) is 64.3 Å². The first-order valence-electron chi connectivity index (χ1n) is 9.40. The minimum absolute atomic E-state index is 0.0546. The fourth-order valence-corrected chi connectivity index (χ4v) is 4.16. The third kappa shape index (κ3) is 5.10. The lowest BCUT2D eigenvalue weighted by molar-refractivity contribution is -0.138. The summed E-state index contributed by atoms with van der Waals surface area (Å²) in [6, 6.07) is 0.302. The minimum atomic E-state index is -0.793. The molecule has 1 saturated carbocycles. The number of likely N-dealkylation sites (tertiary alicyclic amines) is 1. The fourth-order valence-electron chi connectivity index (χ4n) is 4.16. The van der Waals surface area contributed by atoms with E-state index in [1.165, 1.54) is 32.1 Å². The van der Waals surface area contributed by atoms with Crippen molar-refractivity contribution in [3.8, 4) is 0 Å². The summed E-state index contributed by atoms with van der Waals surface area (Å²) in [5.41, 5.74) is 0.348. The van der Waals surface area contributed by atoms with Gasteiger partial charge in [0.1, 0.15) is 0 Å². The maximum absolute atomic E-state index is 12.5. The average molecular weight is 339 g/mol. The van der Waals surface area contributed by atoms with Crippen LogP contribution in [-0.2, 0) is 4.79 Å². The van der Waals surface area contributed by atoms with Crippen molar-refractivity contribution in [2.75, 3.05) is 33.2 Å². The predicted octanol–water partition coefficient (Wildman–Crippen LogP) is 2.54. The number of nitrogens with zero attached hydrogens (tertiary/aromatic N) is 2. The van der Waals surface area contributed by atoms with E-state index in [0.717, 1.165) is 32.4 Å². The second kappa shape index (κ2) is 8.70. The van der Waals surface area contributed by atoms with Gasteiger partial charge in [-0.2, -0.15) is 0 Å². The minimum Gasteiger partial charge on any atom is -0.480 e. The van der Waals surface area contributed by atoms with Crippen LogP contribution in [0.25, 0.3) is 0 Å². The van der Waals surface area contributed by atoms with Crippen LogP contribution in [0.2, 0.25) is 0 Å². The number of carbonyl (C=O) groups is 2. The third-order valence-corrected chi connectivity index (χ3v) is 5.80. The third-order valence-electron chi connectivity index (χ3n) is 5.80. The Morgan fingerprint density at radius 2 is 2.00 bits per heavy atom. The molecule has 0 aromatic carbocycles. The van der Waals surface area contributed by atoms with Gasteiger partial charge >= 0.3 is 12.0 Å². The molecule has 1 saturated heterocycles. The van der Waals surface area contributed by atoms with Crippen molar-refractivity contribution in [2.24, 2.45) is 5.41 Å². The number of hydrogen-bond donors (Lipinski definition) is 2. The lowest BCUT2D eigenvalue weighted by Gasteiger charge is -2.42. The van der Waals surface area contributed by atoms with E-state index in [9.17, 15) is 9.59 Å². The Morgan fingerprint density at radius 3 is 2.58 bits per heavy atom. The van der Waals surface area contributed by atoms with Gasteiger partial charge in [-0.15, -0.1) is 0 Å². The Kier molecular flexibility index (Phi) is 6.90. The maximum atomic E-state index is 12.5. The average Bonchev–Trinajstić information content (AvgIpc) is 2.75. The molecule has 0 aromatic heterocycles. The first kappa shape index (κ1) is 19.0. The van der Waals surface area contributed by atoms with Crippen molar-refractivity contribution in [3.05, 3.63) is 0 Å². The monoisotopic (exact) mass is 339 g/mol. The van der Waals surface area contributed by atoms with E-state index < -0.39 is 5.97 Å². The highest BCUT2D eigenvalue weighted by molar-refractivity contribution is 5.74. The molecule has 2 N–H and O–H groups in total. The number of rotatable bonds is 7. The summed E-state index contributed by atoms with van der Waals surface area (Å²) in [5, 5.41) is 12.1. The predicted molar refractivity (Wildman–Crippen MR) is 94.1 cm³/mol. The molecule has 24 heavy (non-hydrogen) atoms. The largest absolute Gasteiger partial charge is 0.480 e. The van der Waals surface area contributed by atoms with Crippen molar-refractivity contribution < 1.29 is 14.7 Å². The molecule has 1 atom stereocenters. The van der Waals surface area contributed by atoms with Gasteiger partial charge in [-0.1, -0.05) is 19.8 Å². The molecule has 2 fully saturated rings. The molecule has 1 aliphatic carbocycles. The summed E-state index contributed by atoms with van der Waals surface area (Å²) in [5.74, 6) is -0.793. The second-order valence-corrected chi connectivity index (χ2v) is 7.64. The van der Waals surface area contributed by atoms with Gasteiger partial charge in [0, 0.05) is 25.7 Å². The van der Waals surface area contributed by atoms with Crippen LogP contribution in [0, 0.1) is 5.41 Å². The molecule has 138 valence electrons. The molecular formula is C18H33N3O3. The van der Waals surface area contributed by atoms with Gasteiger partial charge in [-0.3, -0.25) is 9.69 Å². The van der Waals surface area contributed by atoms with E-state index in [-0.39, 0.29) is 18.6 Å². The topological polar surface area (TPSA) is 72.9 Å². The van der Waals surface area contributed by atoms with Gasteiger partial charge in [0.25, 0.3) is 0 Å². The molecule has 2 aliphatic rings. The molecular weight excluding hydrogens is 306 g/mol. The molecule has 2 amide bonds. The first-order chi connectivity index (χ1) is 11.5. The number of hydrogen-bond acceptors (Lipinski definition) is 3. The molecule has 2 rings (SSSR count). The Labute approximate surface area is 145 Å². The number of amides is 2. The highest BCUT2D eigenvalue weighted by Crippen LogP contribution is 2.44. The molecule has 0 spiro atoms. The molecule has 0 aromatic rings. The van der Waals surface area contributed by atoms with Crippen LogP contribution in [0.4, 0.5) is 4.79 Å². The normalized spacial score (nSPS) is 23.5. The van der Waals surface area contributed by atoms with Gasteiger partial charge in [0.2, 0.25) is 0 Å². The summed E-state index contributed by atoms with van der Waals surface area (Å²) >= 11 is 0. The zero-order valence-electron chi connectivity index (χ0n) is 15.2. The van der Waals surface area contributed by atoms with Crippen LogP contribution in [0.1, 0.15) is 58.3 Å². The number of urea groups is 1. The highest BCUT2D eigenvalue weighted by Gasteiger charge is 2.36. The number of likely N-dealkylation sites (N-methyl/N-ethyl adjacent to an activating group) is 1. The number of carboxylic acid groups (broad SMARTS) is 1. The van der Waals surface area contributed by atoms with Crippen molar-refractivity contribution >= 4 is 12.0 Å². The molecule has 6 heteroatoms. The number of carboxylic acids is 1. The fraction of sp³-hybridized carbons (Fsp3) is 0.889. The van der Waals surface area contributed by atoms with E-state index in [4.69, 9.17) is 5.11 Å². The zero-order chi connectivity index (χ0) is 17.6. The summed E-state index contributed by atoms with van der Waals surface area (Å²) in [6.45, 7) is 4.56. The molecule has 1 unspecified atom stereocenters. The summed E-state index contributed by atoms with van der Waals surface area (Å²) in [6.07, 6.45) is 8.88. The smallest absolute Gasteiger partial charge is 0.317 e. The first-order valence-corrected chi connectivity index (χ1v) is 9.40. The van der Waals surface area contributed by atoms with Gasteiger partial charge in [0.05, 0.1) is 6.54 Å². The van der Waals surface area contributed by atoms with Gasteiger partial charge < -0.3 is 15.3 Å². The Bertz CT molecular complexity index is 437. The summed E-state index contributed by atoms with van der Waals surface area (Å²) in [7, 11) is 1.86. The molecule has 0 radical (unpaired) electrons. The lowest BCUT2D eigenvalue weighted by Crippen LogP contribution is -2.47. The maximum Gasteiger partial charge on any atom is 0.317 e. The van der Waals surface area contributed by atoms with E-state index in [1.54, 1.807) is 0 Å². The Hall–Kier alpha value is -1.30. The van der Waals surface area contributed by atoms with E-state index in [1.807, 2.05) is 16.8 Å². The van der Waals surface area contributed by atoms with Gasteiger partial charge in [0.15, 0.2) is 0 Å². The van der Waals surface area contributed by atoms with E-state index in [0.29, 0.717) is 12.0 Å². The van der Waals surface area contributed by atoms with Crippen molar-refractivity contribution in [1.82, 2.24) is 15.1 Å². The van der Waals surface area contributed by atoms with E-state index >= 15 is 0 Å². The molecule has 1 aliphatic heterocycles. The Balaban J connectivity index is 1.78.